The second kappa shape index (κ2) is 14.1. The minimum Gasteiger partial charge on any atom is -0.494 e. The maximum atomic E-state index is 12.7. The molecule has 0 fully saturated rings. The molecule has 0 unspecified atom stereocenters. The number of methoxy groups -OCH3 is 1. The highest BCUT2D eigenvalue weighted by Gasteiger charge is 2.13. The standard InChI is InChI=1S/C26H27FO7S/c1-17-15-22(32-13-5-6-14-33-24(28)18(2)16-31-4)11-12-23(17)35-26(30)20-7-9-21(10-8-20)34-25(29)19(3)27/h7-12,15H,2-3,5-6,13-14,16H2,1,4H3. The van der Waals surface area contributed by atoms with Gasteiger partial charge < -0.3 is 18.9 Å². The third kappa shape index (κ3) is 9.38. The van der Waals surface area contributed by atoms with E-state index in [2.05, 4.69) is 13.2 Å². The number of aryl methyl sites for hydroxylation is 1. The quantitative estimate of drug-likeness (QED) is 0.121. The van der Waals surface area contributed by atoms with Crippen molar-refractivity contribution in [1.82, 2.24) is 0 Å². The Hall–Kier alpha value is -3.43. The molecule has 0 radical (unpaired) electrons. The highest BCUT2D eigenvalue weighted by molar-refractivity contribution is 8.14. The van der Waals surface area contributed by atoms with E-state index in [9.17, 15) is 18.8 Å². The van der Waals surface area contributed by atoms with Crippen LogP contribution in [0.3, 0.4) is 0 Å². The molecule has 2 aromatic rings. The Bertz CT molecular complexity index is 1080. The predicted molar refractivity (Wildman–Crippen MR) is 130 cm³/mol. The molecule has 2 rings (SSSR count). The van der Waals surface area contributed by atoms with Gasteiger partial charge in [0, 0.05) is 17.6 Å². The topological polar surface area (TPSA) is 88.1 Å². The van der Waals surface area contributed by atoms with Crippen molar-refractivity contribution in [3.8, 4) is 11.5 Å². The summed E-state index contributed by atoms with van der Waals surface area (Å²) < 4.78 is 33.2. The fourth-order valence-electron chi connectivity index (χ4n) is 2.70. The summed E-state index contributed by atoms with van der Waals surface area (Å²) in [7, 11) is 1.48. The number of carbonyl (C=O) groups is 3. The highest BCUT2D eigenvalue weighted by atomic mass is 32.2. The Morgan fingerprint density at radius 3 is 2.23 bits per heavy atom. The summed E-state index contributed by atoms with van der Waals surface area (Å²) in [5, 5.41) is -0.197. The van der Waals surface area contributed by atoms with Crippen LogP contribution >= 0.6 is 11.8 Å². The van der Waals surface area contributed by atoms with E-state index in [0.717, 1.165) is 22.2 Å². The lowest BCUT2D eigenvalue weighted by atomic mass is 10.2. The molecule has 0 aliphatic heterocycles. The molecule has 0 heterocycles. The number of hydrogen-bond donors (Lipinski definition) is 0. The molecule has 0 aliphatic carbocycles. The lowest BCUT2D eigenvalue weighted by molar-refractivity contribution is -0.139. The largest absolute Gasteiger partial charge is 0.494 e. The van der Waals surface area contributed by atoms with E-state index in [1.807, 2.05) is 13.0 Å². The van der Waals surface area contributed by atoms with Gasteiger partial charge in [0.1, 0.15) is 11.5 Å². The van der Waals surface area contributed by atoms with E-state index in [1.165, 1.54) is 31.4 Å². The van der Waals surface area contributed by atoms with Gasteiger partial charge >= 0.3 is 11.9 Å². The Labute approximate surface area is 207 Å². The summed E-state index contributed by atoms with van der Waals surface area (Å²) in [6.07, 6.45) is 1.34. The molecular formula is C26H27FO7S. The number of esters is 2. The van der Waals surface area contributed by atoms with E-state index < -0.39 is 17.8 Å². The van der Waals surface area contributed by atoms with Crippen molar-refractivity contribution in [3.63, 3.8) is 0 Å². The molecule has 0 saturated carbocycles. The van der Waals surface area contributed by atoms with Crippen LogP contribution in [0.4, 0.5) is 4.39 Å². The predicted octanol–water partition coefficient (Wildman–Crippen LogP) is 5.22. The molecule has 0 atom stereocenters. The molecule has 0 bridgehead atoms. The average Bonchev–Trinajstić information content (AvgIpc) is 2.83. The maximum Gasteiger partial charge on any atom is 0.371 e. The molecule has 35 heavy (non-hydrogen) atoms. The minimum absolute atomic E-state index is 0.114. The van der Waals surface area contributed by atoms with Gasteiger partial charge in [-0.05, 0) is 79.6 Å². The SMILES string of the molecule is C=C(F)C(=O)Oc1ccc(C(=O)Sc2ccc(OCCCCOC(=O)C(=C)COC)cc2C)cc1. The first-order chi connectivity index (χ1) is 16.7. The number of unbranched alkanes of at least 4 members (excludes halogenated alkanes) is 1. The van der Waals surface area contributed by atoms with Crippen LogP contribution < -0.4 is 9.47 Å². The Balaban J connectivity index is 1.78. The summed E-state index contributed by atoms with van der Waals surface area (Å²) in [5.74, 6) is -2.06. The van der Waals surface area contributed by atoms with E-state index in [4.69, 9.17) is 18.9 Å². The number of rotatable bonds is 13. The molecule has 0 spiro atoms. The van der Waals surface area contributed by atoms with Crippen LogP contribution in [0.15, 0.2) is 71.9 Å². The summed E-state index contributed by atoms with van der Waals surface area (Å²) in [6.45, 7) is 9.21. The first-order valence-corrected chi connectivity index (χ1v) is 11.5. The van der Waals surface area contributed by atoms with Crippen molar-refractivity contribution in [2.75, 3.05) is 26.9 Å². The van der Waals surface area contributed by atoms with Crippen LogP contribution in [0, 0.1) is 6.92 Å². The zero-order valence-corrected chi connectivity index (χ0v) is 20.5. The van der Waals surface area contributed by atoms with E-state index >= 15 is 0 Å². The molecule has 186 valence electrons. The first kappa shape index (κ1) is 27.8. The molecule has 2 aromatic carbocycles. The Morgan fingerprint density at radius 1 is 0.943 bits per heavy atom. The third-order valence-electron chi connectivity index (χ3n) is 4.52. The molecule has 7 nitrogen and oxygen atoms in total. The van der Waals surface area contributed by atoms with E-state index in [-0.39, 0.29) is 29.7 Å². The normalized spacial score (nSPS) is 10.4. The molecule has 0 saturated heterocycles. The van der Waals surface area contributed by atoms with Crippen molar-refractivity contribution < 1.29 is 37.7 Å². The van der Waals surface area contributed by atoms with Gasteiger partial charge in [0.25, 0.3) is 0 Å². The molecule has 0 aromatic heterocycles. The number of thioether (sulfide) groups is 1. The van der Waals surface area contributed by atoms with E-state index in [0.29, 0.717) is 30.8 Å². The zero-order valence-electron chi connectivity index (χ0n) is 19.6. The minimum atomic E-state index is -1.20. The van der Waals surface area contributed by atoms with Gasteiger partial charge in [0.15, 0.2) is 0 Å². The smallest absolute Gasteiger partial charge is 0.371 e. The fourth-order valence-corrected chi connectivity index (χ4v) is 3.51. The molecule has 0 aliphatic rings. The van der Waals surface area contributed by atoms with Crippen molar-refractivity contribution in [2.24, 2.45) is 0 Å². The molecule has 0 amide bonds. The average molecular weight is 503 g/mol. The second-order valence-corrected chi connectivity index (χ2v) is 8.38. The summed E-state index contributed by atoms with van der Waals surface area (Å²) in [6, 6.07) is 11.2. The summed E-state index contributed by atoms with van der Waals surface area (Å²) in [4.78, 5) is 36.2. The van der Waals surface area contributed by atoms with Crippen LogP contribution in [0.5, 0.6) is 11.5 Å². The van der Waals surface area contributed by atoms with Gasteiger partial charge in [0.2, 0.25) is 10.9 Å². The zero-order chi connectivity index (χ0) is 25.8. The van der Waals surface area contributed by atoms with Gasteiger partial charge in [-0.3, -0.25) is 4.79 Å². The second-order valence-electron chi connectivity index (χ2n) is 7.36. The van der Waals surface area contributed by atoms with Crippen LogP contribution in [-0.4, -0.2) is 44.0 Å². The van der Waals surface area contributed by atoms with Crippen molar-refractivity contribution in [2.45, 2.75) is 24.7 Å². The number of carbonyl (C=O) groups excluding carboxylic acids is 3. The molecule has 0 N–H and O–H groups in total. The first-order valence-electron chi connectivity index (χ1n) is 10.7. The number of hydrogen-bond acceptors (Lipinski definition) is 8. The van der Waals surface area contributed by atoms with Crippen LogP contribution in [0.2, 0.25) is 0 Å². The van der Waals surface area contributed by atoms with Gasteiger partial charge in [-0.2, -0.15) is 4.39 Å². The fraction of sp³-hybridized carbons (Fsp3) is 0.269. The lowest BCUT2D eigenvalue weighted by Crippen LogP contribution is -2.12. The summed E-state index contributed by atoms with van der Waals surface area (Å²) >= 11 is 1.06. The van der Waals surface area contributed by atoms with Gasteiger partial charge in [-0.25, -0.2) is 9.59 Å². The number of ether oxygens (including phenoxy) is 4. The maximum absolute atomic E-state index is 12.7. The lowest BCUT2D eigenvalue weighted by Gasteiger charge is -2.10. The van der Waals surface area contributed by atoms with Crippen molar-refractivity contribution in [3.05, 3.63) is 78.1 Å². The highest BCUT2D eigenvalue weighted by Crippen LogP contribution is 2.29. The molecule has 9 heteroatoms. The van der Waals surface area contributed by atoms with E-state index in [1.54, 1.807) is 12.1 Å². The van der Waals surface area contributed by atoms with Gasteiger partial charge in [0.05, 0.1) is 25.4 Å². The Kier molecular flexibility index (Phi) is 11.2. The molecular weight excluding hydrogens is 475 g/mol. The van der Waals surface area contributed by atoms with Crippen molar-refractivity contribution in [1.29, 1.82) is 0 Å². The van der Waals surface area contributed by atoms with Crippen LogP contribution in [-0.2, 0) is 19.1 Å². The monoisotopic (exact) mass is 502 g/mol. The van der Waals surface area contributed by atoms with Gasteiger partial charge in [-0.1, -0.05) is 13.2 Å². The van der Waals surface area contributed by atoms with Crippen molar-refractivity contribution >= 4 is 28.8 Å². The third-order valence-corrected chi connectivity index (χ3v) is 5.62. The van der Waals surface area contributed by atoms with Gasteiger partial charge in [-0.15, -0.1) is 0 Å². The van der Waals surface area contributed by atoms with Crippen LogP contribution in [0.25, 0.3) is 0 Å². The Morgan fingerprint density at radius 2 is 1.60 bits per heavy atom. The number of halogens is 1. The van der Waals surface area contributed by atoms with Crippen LogP contribution in [0.1, 0.15) is 28.8 Å². The summed E-state index contributed by atoms with van der Waals surface area (Å²) in [5.41, 5.74) is 1.55. The number of benzene rings is 2.